The first-order chi connectivity index (χ1) is 3.18. The molecule has 7 heavy (non-hydrogen) atoms. The van der Waals surface area contributed by atoms with Gasteiger partial charge in [-0.2, -0.15) is 12.6 Å². The van der Waals surface area contributed by atoms with Crippen LogP contribution in [0.1, 0.15) is 6.92 Å². The maximum Gasteiger partial charge on any atom is 0.187 e. The minimum absolute atomic E-state index is 0.106. The zero-order valence-corrected chi connectivity index (χ0v) is 5.24. The molecular formula is C4H10NOS+. The summed E-state index contributed by atoms with van der Waals surface area (Å²) in [6, 6.07) is -0.122. The van der Waals surface area contributed by atoms with Crippen LogP contribution in [0.2, 0.25) is 0 Å². The number of Topliss-reactive ketones (excluding diaryl/α,β-unsaturated/α-hetero) is 1. The Labute approximate surface area is 48.5 Å². The molecule has 0 rings (SSSR count). The third-order valence-electron chi connectivity index (χ3n) is 0.795. The Hall–Kier alpha value is -0.0200. The lowest BCUT2D eigenvalue weighted by atomic mass is 10.3. The van der Waals surface area contributed by atoms with Crippen molar-refractivity contribution >= 4 is 18.4 Å². The second-order valence-electron chi connectivity index (χ2n) is 1.49. The molecule has 0 aromatic heterocycles. The van der Waals surface area contributed by atoms with Gasteiger partial charge in [0.1, 0.15) is 0 Å². The van der Waals surface area contributed by atoms with Gasteiger partial charge in [-0.1, -0.05) is 0 Å². The highest BCUT2D eigenvalue weighted by atomic mass is 32.1. The van der Waals surface area contributed by atoms with E-state index in [0.717, 1.165) is 0 Å². The molecule has 0 amide bonds. The molecular weight excluding hydrogens is 110 g/mol. The minimum Gasteiger partial charge on any atom is -0.348 e. The summed E-state index contributed by atoms with van der Waals surface area (Å²) in [6.07, 6.45) is 0. The molecule has 42 valence electrons. The van der Waals surface area contributed by atoms with Crippen molar-refractivity contribution in [3.05, 3.63) is 0 Å². The fraction of sp³-hybridized carbons (Fsp3) is 0.750. The fourth-order valence-corrected chi connectivity index (χ4v) is 0.386. The Balaban J connectivity index is 3.34. The van der Waals surface area contributed by atoms with E-state index in [0.29, 0.717) is 5.75 Å². The Morgan fingerprint density at radius 2 is 2.43 bits per heavy atom. The van der Waals surface area contributed by atoms with Gasteiger partial charge in [-0.15, -0.1) is 0 Å². The predicted molar refractivity (Wildman–Crippen MR) is 31.2 cm³/mol. The number of rotatable bonds is 2. The number of carbonyl (C=O) groups is 1. The van der Waals surface area contributed by atoms with Crippen LogP contribution < -0.4 is 5.73 Å². The lowest BCUT2D eigenvalue weighted by molar-refractivity contribution is -0.395. The van der Waals surface area contributed by atoms with Gasteiger partial charge < -0.3 is 5.73 Å². The molecule has 3 heteroatoms. The van der Waals surface area contributed by atoms with E-state index >= 15 is 0 Å². The van der Waals surface area contributed by atoms with Crippen LogP contribution in [0.3, 0.4) is 0 Å². The molecule has 0 radical (unpaired) electrons. The zero-order chi connectivity index (χ0) is 5.86. The van der Waals surface area contributed by atoms with Crippen LogP contribution >= 0.6 is 12.6 Å². The molecule has 0 aromatic rings. The van der Waals surface area contributed by atoms with E-state index in [2.05, 4.69) is 18.4 Å². The van der Waals surface area contributed by atoms with Gasteiger partial charge in [0, 0.05) is 12.7 Å². The first-order valence-corrected chi connectivity index (χ1v) is 2.76. The van der Waals surface area contributed by atoms with Gasteiger partial charge in [0.15, 0.2) is 11.8 Å². The van der Waals surface area contributed by atoms with Crippen LogP contribution in [-0.4, -0.2) is 17.6 Å². The second kappa shape index (κ2) is 3.04. The highest BCUT2D eigenvalue weighted by Gasteiger charge is 2.06. The van der Waals surface area contributed by atoms with Crippen LogP contribution in [0.4, 0.5) is 0 Å². The summed E-state index contributed by atoms with van der Waals surface area (Å²) in [5, 5.41) is 0. The standard InChI is InChI=1S/C4H9NOS/c1-3(6)4(5)2-7/h4,7H,2,5H2,1H3/p+1/t4-/m0/s1. The molecule has 0 fully saturated rings. The third kappa shape index (κ3) is 2.65. The molecule has 0 spiro atoms. The lowest BCUT2D eigenvalue weighted by Crippen LogP contribution is -2.65. The molecule has 0 saturated heterocycles. The minimum atomic E-state index is -0.122. The molecule has 0 aliphatic rings. The predicted octanol–water partition coefficient (Wildman–Crippen LogP) is -0.884. The average molecular weight is 120 g/mol. The molecule has 3 N–H and O–H groups in total. The summed E-state index contributed by atoms with van der Waals surface area (Å²) in [5.74, 6) is 0.657. The van der Waals surface area contributed by atoms with Crippen LogP contribution in [-0.2, 0) is 4.79 Å². The number of quaternary nitrogens is 1. The number of thiol groups is 1. The van der Waals surface area contributed by atoms with E-state index in [4.69, 9.17) is 0 Å². The van der Waals surface area contributed by atoms with Crippen molar-refractivity contribution in [2.45, 2.75) is 13.0 Å². The SMILES string of the molecule is CC(=O)[C@@H]([NH3+])CS. The molecule has 0 aliphatic carbocycles. The van der Waals surface area contributed by atoms with E-state index in [1.165, 1.54) is 6.92 Å². The first kappa shape index (κ1) is 6.98. The highest BCUT2D eigenvalue weighted by molar-refractivity contribution is 7.80. The number of ketones is 1. The molecule has 0 aliphatic heterocycles. The largest absolute Gasteiger partial charge is 0.348 e. The summed E-state index contributed by atoms with van der Waals surface area (Å²) in [5.41, 5.74) is 3.53. The van der Waals surface area contributed by atoms with Crippen molar-refractivity contribution in [2.24, 2.45) is 0 Å². The van der Waals surface area contributed by atoms with E-state index in [1.807, 2.05) is 0 Å². The first-order valence-electron chi connectivity index (χ1n) is 2.13. The summed E-state index contributed by atoms with van der Waals surface area (Å²) in [6.45, 7) is 1.52. The molecule has 0 aromatic carbocycles. The van der Waals surface area contributed by atoms with Gasteiger partial charge in [0.2, 0.25) is 0 Å². The molecule has 0 bridgehead atoms. The lowest BCUT2D eigenvalue weighted by Gasteiger charge is -1.94. The summed E-state index contributed by atoms with van der Waals surface area (Å²) in [4.78, 5) is 10.3. The third-order valence-corrected chi connectivity index (χ3v) is 1.24. The molecule has 0 heterocycles. The van der Waals surface area contributed by atoms with E-state index in [-0.39, 0.29) is 11.8 Å². The fourth-order valence-electron chi connectivity index (χ4n) is 0.129. The second-order valence-corrected chi connectivity index (χ2v) is 1.86. The van der Waals surface area contributed by atoms with E-state index < -0.39 is 0 Å². The molecule has 2 nitrogen and oxygen atoms in total. The van der Waals surface area contributed by atoms with Crippen LogP contribution in [0, 0.1) is 0 Å². The maximum absolute atomic E-state index is 10.3. The normalized spacial score (nSPS) is 13.6. The molecule has 0 saturated carbocycles. The highest BCUT2D eigenvalue weighted by Crippen LogP contribution is 1.79. The zero-order valence-electron chi connectivity index (χ0n) is 4.35. The monoisotopic (exact) mass is 120 g/mol. The van der Waals surface area contributed by atoms with Gasteiger partial charge in [-0.05, 0) is 0 Å². The van der Waals surface area contributed by atoms with Crippen LogP contribution in [0.15, 0.2) is 0 Å². The summed E-state index contributed by atoms with van der Waals surface area (Å²) >= 11 is 3.87. The van der Waals surface area contributed by atoms with Crippen molar-refractivity contribution < 1.29 is 10.5 Å². The van der Waals surface area contributed by atoms with Crippen LogP contribution in [0.5, 0.6) is 0 Å². The Bertz CT molecular complexity index is 74.1. The number of hydrogen-bond acceptors (Lipinski definition) is 2. The smallest absolute Gasteiger partial charge is 0.187 e. The van der Waals surface area contributed by atoms with Crippen molar-refractivity contribution in [1.82, 2.24) is 0 Å². The molecule has 0 unspecified atom stereocenters. The van der Waals surface area contributed by atoms with Crippen molar-refractivity contribution in [3.63, 3.8) is 0 Å². The van der Waals surface area contributed by atoms with Gasteiger partial charge in [0.25, 0.3) is 0 Å². The van der Waals surface area contributed by atoms with Gasteiger partial charge in [-0.25, -0.2) is 0 Å². The number of hydrogen-bond donors (Lipinski definition) is 2. The summed E-state index contributed by atoms with van der Waals surface area (Å²) < 4.78 is 0. The van der Waals surface area contributed by atoms with Gasteiger partial charge in [0.05, 0.1) is 0 Å². The molecule has 1 atom stereocenters. The average Bonchev–Trinajstić information content (AvgIpc) is 1.65. The van der Waals surface area contributed by atoms with Crippen LogP contribution in [0.25, 0.3) is 0 Å². The summed E-state index contributed by atoms with van der Waals surface area (Å²) in [7, 11) is 0. The topological polar surface area (TPSA) is 44.7 Å². The van der Waals surface area contributed by atoms with Crippen molar-refractivity contribution in [3.8, 4) is 0 Å². The van der Waals surface area contributed by atoms with Crippen molar-refractivity contribution in [2.75, 3.05) is 5.75 Å². The quantitative estimate of drug-likeness (QED) is 0.456. The van der Waals surface area contributed by atoms with Gasteiger partial charge >= 0.3 is 0 Å². The van der Waals surface area contributed by atoms with Gasteiger partial charge in [-0.3, -0.25) is 4.79 Å². The Kier molecular flexibility index (Phi) is 3.04. The van der Waals surface area contributed by atoms with Crippen molar-refractivity contribution in [1.29, 1.82) is 0 Å². The number of carbonyl (C=O) groups excluding carboxylic acids is 1. The Morgan fingerprint density at radius 3 is 2.43 bits per heavy atom. The Morgan fingerprint density at radius 1 is 2.00 bits per heavy atom. The van der Waals surface area contributed by atoms with E-state index in [9.17, 15) is 4.79 Å². The maximum atomic E-state index is 10.3. The van der Waals surface area contributed by atoms with E-state index in [1.54, 1.807) is 0 Å².